The Kier molecular flexibility index (Phi) is 2.57. The Balaban J connectivity index is 1.95. The zero-order valence-corrected chi connectivity index (χ0v) is 11.1. The van der Waals surface area contributed by atoms with Crippen LogP contribution in [0.2, 0.25) is 0 Å². The van der Waals surface area contributed by atoms with Gasteiger partial charge < -0.3 is 5.32 Å². The summed E-state index contributed by atoms with van der Waals surface area (Å²) in [4.78, 5) is 12.6. The largest absolute Gasteiger partial charge is 0.323 e. The molecule has 21 heavy (non-hydrogen) atoms. The molecule has 2 heterocycles. The molecule has 1 aliphatic rings. The van der Waals surface area contributed by atoms with Crippen molar-refractivity contribution in [3.63, 3.8) is 0 Å². The summed E-state index contributed by atoms with van der Waals surface area (Å²) >= 11 is 0. The fourth-order valence-electron chi connectivity index (χ4n) is 2.68. The van der Waals surface area contributed by atoms with Crippen molar-refractivity contribution in [3.05, 3.63) is 72.3 Å². The molecule has 0 spiro atoms. The molecule has 1 aromatic heterocycles. The van der Waals surface area contributed by atoms with E-state index in [4.69, 9.17) is 0 Å². The maximum Gasteiger partial charge on any atom is 0.239 e. The van der Waals surface area contributed by atoms with Crippen LogP contribution in [0.15, 0.2) is 60.9 Å². The summed E-state index contributed by atoms with van der Waals surface area (Å²) in [5.41, 5.74) is 2.54. The van der Waals surface area contributed by atoms with E-state index in [-0.39, 0.29) is 5.91 Å². The van der Waals surface area contributed by atoms with Gasteiger partial charge in [-0.3, -0.25) is 9.36 Å². The quantitative estimate of drug-likeness (QED) is 0.742. The lowest BCUT2D eigenvalue weighted by Crippen LogP contribution is -2.22. The predicted octanol–water partition coefficient (Wildman–Crippen LogP) is 2.35. The minimum Gasteiger partial charge on any atom is -0.323 e. The number of nitrogens with one attached hydrogen (secondary N) is 1. The van der Waals surface area contributed by atoms with E-state index in [0.717, 1.165) is 16.9 Å². The molecule has 1 aliphatic heterocycles. The second kappa shape index (κ2) is 4.56. The van der Waals surface area contributed by atoms with Gasteiger partial charge in [-0.15, -0.1) is 10.2 Å². The Hall–Kier alpha value is -2.95. The number of rotatable bonds is 1. The zero-order chi connectivity index (χ0) is 14.2. The minimum absolute atomic E-state index is 0.0969. The molecule has 1 N–H and O–H groups in total. The van der Waals surface area contributed by atoms with E-state index in [1.165, 1.54) is 0 Å². The Morgan fingerprint density at radius 3 is 2.62 bits per heavy atom. The van der Waals surface area contributed by atoms with Crippen LogP contribution in [0.1, 0.15) is 17.3 Å². The van der Waals surface area contributed by atoms with E-state index >= 15 is 0 Å². The number of aromatic nitrogens is 3. The van der Waals surface area contributed by atoms with Gasteiger partial charge in [0.05, 0.1) is 11.4 Å². The molecule has 1 atom stereocenters. The molecule has 3 aromatic rings. The maximum absolute atomic E-state index is 12.6. The average molecular weight is 276 g/mol. The van der Waals surface area contributed by atoms with Gasteiger partial charge in [0.1, 0.15) is 12.2 Å². The van der Waals surface area contributed by atoms with E-state index in [0.29, 0.717) is 5.82 Å². The number of nitrogens with zero attached hydrogens (tertiary/aromatic N) is 3. The molecule has 1 amide bonds. The summed E-state index contributed by atoms with van der Waals surface area (Å²) in [7, 11) is 0. The highest BCUT2D eigenvalue weighted by atomic mass is 16.2. The average Bonchev–Trinajstić information content (AvgIpc) is 2.94. The molecular formula is C16H12N4O. The topological polar surface area (TPSA) is 59.8 Å². The number of para-hydroxylation sites is 2. The van der Waals surface area contributed by atoms with Gasteiger partial charge in [-0.2, -0.15) is 0 Å². The van der Waals surface area contributed by atoms with E-state index in [2.05, 4.69) is 15.5 Å². The third-order valence-corrected chi connectivity index (χ3v) is 3.65. The number of fused-ring (bicyclic) bond motifs is 3. The monoisotopic (exact) mass is 276 g/mol. The summed E-state index contributed by atoms with van der Waals surface area (Å²) in [6, 6.07) is 17.3. The Morgan fingerprint density at radius 2 is 1.76 bits per heavy atom. The number of amides is 1. The first kappa shape index (κ1) is 11.8. The van der Waals surface area contributed by atoms with Crippen molar-refractivity contribution in [1.29, 1.82) is 0 Å². The van der Waals surface area contributed by atoms with Crippen LogP contribution in [0.5, 0.6) is 0 Å². The lowest BCUT2D eigenvalue weighted by atomic mass is 9.97. The van der Waals surface area contributed by atoms with Crippen LogP contribution in [0.4, 0.5) is 5.69 Å². The van der Waals surface area contributed by atoms with Gasteiger partial charge in [0.2, 0.25) is 5.91 Å². The van der Waals surface area contributed by atoms with Crippen molar-refractivity contribution in [2.75, 3.05) is 5.32 Å². The zero-order valence-electron chi connectivity index (χ0n) is 11.1. The first-order chi connectivity index (χ1) is 10.3. The third-order valence-electron chi connectivity index (χ3n) is 3.65. The number of carbonyl (C=O) groups excluding carboxylic acids is 1. The molecule has 0 aliphatic carbocycles. The van der Waals surface area contributed by atoms with Gasteiger partial charge >= 0.3 is 0 Å². The van der Waals surface area contributed by atoms with Crippen LogP contribution in [-0.4, -0.2) is 20.7 Å². The first-order valence-corrected chi connectivity index (χ1v) is 6.70. The molecule has 5 nitrogen and oxygen atoms in total. The van der Waals surface area contributed by atoms with E-state index in [9.17, 15) is 4.79 Å². The highest BCUT2D eigenvalue weighted by Crippen LogP contribution is 2.32. The smallest absolute Gasteiger partial charge is 0.239 e. The van der Waals surface area contributed by atoms with Crippen LogP contribution < -0.4 is 5.32 Å². The van der Waals surface area contributed by atoms with Crippen molar-refractivity contribution in [1.82, 2.24) is 14.8 Å². The van der Waals surface area contributed by atoms with Crippen LogP contribution in [0.25, 0.3) is 5.69 Å². The number of hydrogen-bond acceptors (Lipinski definition) is 3. The summed E-state index contributed by atoms with van der Waals surface area (Å²) in [5.74, 6) is 0.0603. The summed E-state index contributed by atoms with van der Waals surface area (Å²) < 4.78 is 1.87. The Bertz CT molecular complexity index is 810. The second-order valence-corrected chi connectivity index (χ2v) is 4.91. The lowest BCUT2D eigenvalue weighted by molar-refractivity contribution is -0.116. The molecule has 0 fully saturated rings. The Labute approximate surface area is 121 Å². The highest BCUT2D eigenvalue weighted by molar-refractivity contribution is 6.00. The molecule has 2 aromatic carbocycles. The van der Waals surface area contributed by atoms with E-state index < -0.39 is 5.92 Å². The van der Waals surface area contributed by atoms with Gasteiger partial charge in [-0.1, -0.05) is 42.5 Å². The normalized spacial score (nSPS) is 16.6. The van der Waals surface area contributed by atoms with E-state index in [1.54, 1.807) is 6.33 Å². The molecule has 0 radical (unpaired) electrons. The third kappa shape index (κ3) is 1.82. The summed E-state index contributed by atoms with van der Waals surface area (Å²) in [5, 5.41) is 11.1. The molecule has 4 rings (SSSR count). The van der Waals surface area contributed by atoms with Gasteiger partial charge in [0, 0.05) is 0 Å². The lowest BCUT2D eigenvalue weighted by Gasteiger charge is -2.12. The van der Waals surface area contributed by atoms with Gasteiger partial charge in [-0.05, 0) is 17.7 Å². The fourth-order valence-corrected chi connectivity index (χ4v) is 2.68. The summed E-state index contributed by atoms with van der Waals surface area (Å²) in [6.07, 6.45) is 1.64. The molecule has 5 heteroatoms. The molecule has 0 saturated carbocycles. The predicted molar refractivity (Wildman–Crippen MR) is 78.3 cm³/mol. The number of anilines is 1. The standard InChI is InChI=1S/C16H12N4O/c21-16-14(11-6-2-1-3-7-11)15-19-17-10-20(15)13-9-5-4-8-12(13)18-16/h1-10,14H,(H,18,21). The molecule has 0 bridgehead atoms. The maximum atomic E-state index is 12.6. The van der Waals surface area contributed by atoms with Crippen molar-refractivity contribution in [2.45, 2.75) is 5.92 Å². The van der Waals surface area contributed by atoms with Crippen molar-refractivity contribution >= 4 is 11.6 Å². The van der Waals surface area contributed by atoms with E-state index in [1.807, 2.05) is 59.2 Å². The fraction of sp³-hybridized carbons (Fsp3) is 0.0625. The Morgan fingerprint density at radius 1 is 1.00 bits per heavy atom. The first-order valence-electron chi connectivity index (χ1n) is 6.70. The minimum atomic E-state index is -0.471. The molecule has 102 valence electrons. The molecular weight excluding hydrogens is 264 g/mol. The molecule has 0 saturated heterocycles. The number of benzene rings is 2. The van der Waals surface area contributed by atoms with Crippen LogP contribution in [0, 0.1) is 0 Å². The van der Waals surface area contributed by atoms with Crippen LogP contribution in [0.3, 0.4) is 0 Å². The number of carbonyl (C=O) groups is 1. The van der Waals surface area contributed by atoms with Gasteiger partial charge in [0.15, 0.2) is 5.82 Å². The van der Waals surface area contributed by atoms with Crippen LogP contribution >= 0.6 is 0 Å². The molecule has 1 unspecified atom stereocenters. The SMILES string of the molecule is O=C1Nc2ccccc2-n2cnnc2C1c1ccccc1. The van der Waals surface area contributed by atoms with Gasteiger partial charge in [0.25, 0.3) is 0 Å². The number of hydrogen-bond donors (Lipinski definition) is 1. The van der Waals surface area contributed by atoms with Gasteiger partial charge in [-0.25, -0.2) is 0 Å². The van der Waals surface area contributed by atoms with Crippen molar-refractivity contribution in [3.8, 4) is 5.69 Å². The van der Waals surface area contributed by atoms with Crippen molar-refractivity contribution < 1.29 is 4.79 Å². The summed E-state index contributed by atoms with van der Waals surface area (Å²) in [6.45, 7) is 0. The second-order valence-electron chi connectivity index (χ2n) is 4.91. The highest BCUT2D eigenvalue weighted by Gasteiger charge is 2.31. The van der Waals surface area contributed by atoms with Crippen molar-refractivity contribution in [2.24, 2.45) is 0 Å². The van der Waals surface area contributed by atoms with Crippen LogP contribution in [-0.2, 0) is 4.79 Å².